The summed E-state index contributed by atoms with van der Waals surface area (Å²) < 4.78 is 0. The molecule has 0 bridgehead atoms. The fourth-order valence-electron chi connectivity index (χ4n) is 2.09. The molecule has 0 aliphatic carbocycles. The number of amides is 2. The predicted molar refractivity (Wildman–Crippen MR) is 70.6 cm³/mol. The van der Waals surface area contributed by atoms with Gasteiger partial charge in [0.1, 0.15) is 0 Å². The quantitative estimate of drug-likeness (QED) is 0.716. The van der Waals surface area contributed by atoms with Crippen LogP contribution in [0.5, 0.6) is 0 Å². The van der Waals surface area contributed by atoms with Gasteiger partial charge in [0.25, 0.3) is 0 Å². The molecular weight excluding hydrogens is 230 g/mol. The van der Waals surface area contributed by atoms with Crippen molar-refractivity contribution < 1.29 is 9.59 Å². The molecule has 2 atom stereocenters. The van der Waals surface area contributed by atoms with Crippen LogP contribution in [0.3, 0.4) is 0 Å². The first-order chi connectivity index (χ1) is 8.50. The largest absolute Gasteiger partial charge is 0.369 e. The molecule has 5 heteroatoms. The average Bonchev–Trinajstić information content (AvgIpc) is 2.34. The van der Waals surface area contributed by atoms with Crippen LogP contribution < -0.4 is 11.1 Å². The molecule has 3 N–H and O–H groups in total. The van der Waals surface area contributed by atoms with E-state index in [1.165, 1.54) is 19.3 Å². The van der Waals surface area contributed by atoms with Gasteiger partial charge in [0, 0.05) is 18.5 Å². The number of likely N-dealkylation sites (tertiary alicyclic amines) is 1. The molecule has 1 rings (SSSR count). The van der Waals surface area contributed by atoms with Gasteiger partial charge < -0.3 is 16.0 Å². The molecule has 1 unspecified atom stereocenters. The molecule has 1 aliphatic rings. The van der Waals surface area contributed by atoms with Crippen LogP contribution in [0.15, 0.2) is 0 Å². The number of nitrogens with one attached hydrogen (secondary N) is 1. The van der Waals surface area contributed by atoms with Crippen molar-refractivity contribution in [1.82, 2.24) is 10.2 Å². The Morgan fingerprint density at radius 3 is 2.83 bits per heavy atom. The van der Waals surface area contributed by atoms with Crippen LogP contribution >= 0.6 is 0 Å². The first kappa shape index (κ1) is 15.0. The molecule has 1 heterocycles. The molecule has 1 saturated heterocycles. The molecular formula is C13H24N3O2. The second kappa shape index (κ2) is 7.36. The van der Waals surface area contributed by atoms with Gasteiger partial charge >= 0.3 is 0 Å². The third kappa shape index (κ3) is 5.04. The molecule has 1 fully saturated rings. The molecule has 0 saturated carbocycles. The Morgan fingerprint density at radius 2 is 2.22 bits per heavy atom. The van der Waals surface area contributed by atoms with Crippen molar-refractivity contribution in [3.05, 3.63) is 6.42 Å². The van der Waals surface area contributed by atoms with E-state index in [-0.39, 0.29) is 17.7 Å². The zero-order chi connectivity index (χ0) is 13.5. The molecule has 0 aromatic carbocycles. The van der Waals surface area contributed by atoms with Crippen molar-refractivity contribution in [3.8, 4) is 0 Å². The van der Waals surface area contributed by atoms with E-state index >= 15 is 0 Å². The summed E-state index contributed by atoms with van der Waals surface area (Å²) >= 11 is 0. The van der Waals surface area contributed by atoms with Crippen LogP contribution in [0.4, 0.5) is 0 Å². The van der Waals surface area contributed by atoms with E-state index in [1.54, 1.807) is 6.92 Å². The Balaban J connectivity index is 2.18. The normalized spacial score (nSPS) is 22.4. The fourth-order valence-corrected chi connectivity index (χ4v) is 2.09. The van der Waals surface area contributed by atoms with Crippen molar-refractivity contribution >= 4 is 11.8 Å². The monoisotopic (exact) mass is 254 g/mol. The maximum absolute atomic E-state index is 11.6. The van der Waals surface area contributed by atoms with Gasteiger partial charge in [0.05, 0.1) is 6.42 Å². The number of likely N-dealkylation sites (N-methyl/N-ethyl adjacent to an activating group) is 1. The van der Waals surface area contributed by atoms with E-state index in [0.717, 1.165) is 13.0 Å². The lowest BCUT2D eigenvalue weighted by molar-refractivity contribution is -0.121. The second-order valence-electron chi connectivity index (χ2n) is 5.12. The summed E-state index contributed by atoms with van der Waals surface area (Å²) in [6.07, 6.45) is 5.52. The van der Waals surface area contributed by atoms with Crippen LogP contribution in [0.2, 0.25) is 0 Å². The summed E-state index contributed by atoms with van der Waals surface area (Å²) in [5, 5.41) is 2.89. The highest BCUT2D eigenvalue weighted by molar-refractivity contribution is 5.86. The molecule has 2 amide bonds. The summed E-state index contributed by atoms with van der Waals surface area (Å²) in [7, 11) is 2.09. The molecule has 103 valence electrons. The van der Waals surface area contributed by atoms with E-state index in [9.17, 15) is 9.59 Å². The molecule has 1 aliphatic heterocycles. The number of nitrogens with zero attached hydrogens (tertiary/aromatic N) is 1. The number of rotatable bonds is 6. The topological polar surface area (TPSA) is 75.4 Å². The summed E-state index contributed by atoms with van der Waals surface area (Å²) in [5.74, 6) is -0.763. The first-order valence-electron chi connectivity index (χ1n) is 6.61. The van der Waals surface area contributed by atoms with Gasteiger partial charge in [-0.15, -0.1) is 0 Å². The first-order valence-corrected chi connectivity index (χ1v) is 6.61. The Kier molecular flexibility index (Phi) is 6.12. The van der Waals surface area contributed by atoms with Crippen molar-refractivity contribution in [2.75, 3.05) is 20.1 Å². The molecule has 0 aromatic heterocycles. The maximum atomic E-state index is 11.6. The fraction of sp³-hybridized carbons (Fsp3) is 0.769. The van der Waals surface area contributed by atoms with Crippen molar-refractivity contribution in [2.45, 2.75) is 38.6 Å². The Labute approximate surface area is 109 Å². The van der Waals surface area contributed by atoms with Gasteiger partial charge in [-0.05, 0) is 32.9 Å². The number of hydrogen-bond donors (Lipinski definition) is 2. The molecule has 0 aromatic rings. The van der Waals surface area contributed by atoms with Gasteiger partial charge in [0.15, 0.2) is 0 Å². The minimum Gasteiger partial charge on any atom is -0.369 e. The predicted octanol–water partition coefficient (Wildman–Crippen LogP) is 0.303. The lowest BCUT2D eigenvalue weighted by atomic mass is 10.0. The van der Waals surface area contributed by atoms with E-state index in [4.69, 9.17) is 5.73 Å². The van der Waals surface area contributed by atoms with Crippen LogP contribution in [-0.4, -0.2) is 42.9 Å². The standard InChI is InChI=1S/C13H24N3O2/c1-10(13(14)18)6-7-12(17)15-9-11-5-3-4-8-16(11)2/h7,10-11H,3-6,8-9H2,1-2H3,(H2,14,18)(H,15,17)/t10?,11-/m0/s1. The van der Waals surface area contributed by atoms with Crippen LogP contribution in [-0.2, 0) is 9.59 Å². The summed E-state index contributed by atoms with van der Waals surface area (Å²) in [4.78, 5) is 24.7. The second-order valence-corrected chi connectivity index (χ2v) is 5.12. The summed E-state index contributed by atoms with van der Waals surface area (Å²) in [6.45, 7) is 3.50. The molecule has 1 radical (unpaired) electrons. The summed E-state index contributed by atoms with van der Waals surface area (Å²) in [5.41, 5.74) is 5.13. The van der Waals surface area contributed by atoms with E-state index < -0.39 is 0 Å². The van der Waals surface area contributed by atoms with Crippen LogP contribution in [0.25, 0.3) is 0 Å². The highest BCUT2D eigenvalue weighted by Crippen LogP contribution is 2.14. The number of hydrogen-bond acceptors (Lipinski definition) is 3. The molecule has 0 spiro atoms. The average molecular weight is 254 g/mol. The minimum atomic E-state index is -0.369. The SMILES string of the molecule is CC(C[CH]C(=O)NC[C@@H]1CCCCN1C)C(N)=O. The van der Waals surface area contributed by atoms with E-state index in [2.05, 4.69) is 17.3 Å². The number of primary amides is 1. The third-order valence-corrected chi connectivity index (χ3v) is 3.58. The summed E-state index contributed by atoms with van der Waals surface area (Å²) in [6, 6.07) is 0.435. The van der Waals surface area contributed by atoms with Crippen molar-refractivity contribution in [3.63, 3.8) is 0 Å². The highest BCUT2D eigenvalue weighted by atomic mass is 16.2. The highest BCUT2D eigenvalue weighted by Gasteiger charge is 2.19. The van der Waals surface area contributed by atoms with E-state index in [0.29, 0.717) is 19.0 Å². The molecule has 18 heavy (non-hydrogen) atoms. The zero-order valence-corrected chi connectivity index (χ0v) is 11.3. The zero-order valence-electron chi connectivity index (χ0n) is 11.3. The number of piperidine rings is 1. The Morgan fingerprint density at radius 1 is 1.50 bits per heavy atom. The van der Waals surface area contributed by atoms with Gasteiger partial charge in [-0.25, -0.2) is 0 Å². The smallest absolute Gasteiger partial charge is 0.223 e. The van der Waals surface area contributed by atoms with Gasteiger partial charge in [0.2, 0.25) is 11.8 Å². The van der Waals surface area contributed by atoms with Gasteiger partial charge in [-0.1, -0.05) is 13.3 Å². The van der Waals surface area contributed by atoms with Gasteiger partial charge in [-0.2, -0.15) is 0 Å². The third-order valence-electron chi connectivity index (χ3n) is 3.58. The number of nitrogens with two attached hydrogens (primary N) is 1. The minimum absolute atomic E-state index is 0.109. The Bertz CT molecular complexity index is 294. The Hall–Kier alpha value is -1.10. The van der Waals surface area contributed by atoms with E-state index in [1.807, 2.05) is 0 Å². The van der Waals surface area contributed by atoms with Gasteiger partial charge in [-0.3, -0.25) is 9.59 Å². The maximum Gasteiger partial charge on any atom is 0.223 e. The van der Waals surface area contributed by atoms with Crippen molar-refractivity contribution in [2.24, 2.45) is 11.7 Å². The van der Waals surface area contributed by atoms with Crippen LogP contribution in [0.1, 0.15) is 32.6 Å². The number of carbonyl (C=O) groups is 2. The van der Waals surface area contributed by atoms with Crippen LogP contribution in [0, 0.1) is 12.3 Å². The van der Waals surface area contributed by atoms with Crippen molar-refractivity contribution in [1.29, 1.82) is 0 Å². The molecule has 5 nitrogen and oxygen atoms in total. The number of carbonyl (C=O) groups excluding carboxylic acids is 2. The lowest BCUT2D eigenvalue weighted by Crippen LogP contribution is -2.44. The lowest BCUT2D eigenvalue weighted by Gasteiger charge is -2.32.